The molecule has 1 spiro atoms. The quantitative estimate of drug-likeness (QED) is 0.840. The molecule has 1 unspecified atom stereocenters. The number of halogens is 1. The van der Waals surface area contributed by atoms with E-state index in [1.54, 1.807) is 4.90 Å². The van der Waals surface area contributed by atoms with Gasteiger partial charge in [-0.25, -0.2) is 9.37 Å². The first-order valence-corrected chi connectivity index (χ1v) is 10.4. The maximum Gasteiger partial charge on any atom is 0.275 e. The molecule has 7 heteroatoms. The summed E-state index contributed by atoms with van der Waals surface area (Å²) >= 11 is 0. The van der Waals surface area contributed by atoms with Crippen LogP contribution in [0.4, 0.5) is 4.39 Å². The van der Waals surface area contributed by atoms with Gasteiger partial charge in [0.25, 0.3) is 5.91 Å². The van der Waals surface area contributed by atoms with Crippen LogP contribution in [0.3, 0.4) is 0 Å². The summed E-state index contributed by atoms with van der Waals surface area (Å²) in [5.74, 6) is 0.0732. The molecule has 1 saturated carbocycles. The normalized spacial score (nSPS) is 24.2. The molecule has 0 radical (unpaired) electrons. The molecule has 28 heavy (non-hydrogen) atoms. The summed E-state index contributed by atoms with van der Waals surface area (Å²) < 4.78 is 20.0. The minimum Gasteiger partial charge on any atom is -0.375 e. The summed E-state index contributed by atoms with van der Waals surface area (Å²) in [4.78, 5) is 29.9. The van der Waals surface area contributed by atoms with Gasteiger partial charge < -0.3 is 15.0 Å². The van der Waals surface area contributed by atoms with Crippen molar-refractivity contribution in [3.63, 3.8) is 0 Å². The Balaban J connectivity index is 1.27. The van der Waals surface area contributed by atoms with Crippen LogP contribution in [0, 0.1) is 17.7 Å². The van der Waals surface area contributed by atoms with E-state index < -0.39 is 5.82 Å². The number of pyridine rings is 1. The molecule has 0 bridgehead atoms. The number of nitrogens with one attached hydrogen (secondary N) is 1. The molecule has 3 fully saturated rings. The van der Waals surface area contributed by atoms with E-state index in [2.05, 4.69) is 10.3 Å². The molecule has 1 aromatic rings. The lowest BCUT2D eigenvalue weighted by Crippen LogP contribution is -2.51. The molecule has 1 aliphatic carbocycles. The van der Waals surface area contributed by atoms with Crippen molar-refractivity contribution < 1.29 is 18.7 Å². The number of hydrogen-bond acceptors (Lipinski definition) is 4. The fourth-order valence-electron chi connectivity index (χ4n) is 4.42. The highest BCUT2D eigenvalue weighted by Gasteiger charge is 2.41. The summed E-state index contributed by atoms with van der Waals surface area (Å²) in [5, 5.41) is 3.05. The number of aromatic nitrogens is 1. The van der Waals surface area contributed by atoms with Crippen LogP contribution in [0.2, 0.25) is 0 Å². The zero-order chi connectivity index (χ0) is 19.6. The van der Waals surface area contributed by atoms with Crippen LogP contribution in [0.5, 0.6) is 0 Å². The number of amides is 2. The third-order valence-corrected chi connectivity index (χ3v) is 6.32. The van der Waals surface area contributed by atoms with Crippen molar-refractivity contribution in [2.45, 2.75) is 50.5 Å². The second kappa shape index (κ2) is 8.15. The molecule has 2 aliphatic heterocycles. The van der Waals surface area contributed by atoms with Crippen LogP contribution in [0.15, 0.2) is 18.3 Å². The molecule has 1 N–H and O–H groups in total. The van der Waals surface area contributed by atoms with Crippen LogP contribution in [0.25, 0.3) is 0 Å². The fourth-order valence-corrected chi connectivity index (χ4v) is 4.42. The number of likely N-dealkylation sites (tertiary alicyclic amines) is 1. The van der Waals surface area contributed by atoms with Gasteiger partial charge in [-0.15, -0.1) is 0 Å². The first-order chi connectivity index (χ1) is 13.6. The Labute approximate surface area is 164 Å². The lowest BCUT2D eigenvalue weighted by molar-refractivity contribution is -0.125. The number of hydrogen-bond donors (Lipinski definition) is 1. The van der Waals surface area contributed by atoms with Crippen molar-refractivity contribution in [1.82, 2.24) is 15.2 Å². The molecule has 0 aromatic carbocycles. The Morgan fingerprint density at radius 1 is 1.29 bits per heavy atom. The zero-order valence-electron chi connectivity index (χ0n) is 16.2. The van der Waals surface area contributed by atoms with Gasteiger partial charge in [-0.1, -0.05) is 0 Å². The number of piperidine rings is 1. The van der Waals surface area contributed by atoms with Crippen molar-refractivity contribution in [3.05, 3.63) is 29.8 Å². The number of ether oxygens (including phenoxy) is 1. The summed E-state index contributed by atoms with van der Waals surface area (Å²) in [7, 11) is 0. The standard InChI is InChI=1S/C21H28FN3O3/c22-17-2-1-9-23-18(17)20(27)25-11-7-21(8-12-25)14-15(6-13-28-21)5-10-24-19(26)16-3-4-16/h1-2,9,15-16H,3-8,10-14H2,(H,24,26). The zero-order valence-corrected chi connectivity index (χ0v) is 16.2. The molecule has 3 aliphatic rings. The molecule has 3 heterocycles. The first kappa shape index (κ1) is 19.3. The van der Waals surface area contributed by atoms with Crippen LogP contribution in [-0.4, -0.2) is 53.5 Å². The number of carbonyl (C=O) groups excluding carboxylic acids is 2. The SMILES string of the molecule is O=C(NCCC1CCOC2(CCN(C(=O)c3ncccc3F)CC2)C1)C1CC1. The van der Waals surface area contributed by atoms with Gasteiger partial charge in [0.05, 0.1) is 5.60 Å². The third-order valence-electron chi connectivity index (χ3n) is 6.32. The summed E-state index contributed by atoms with van der Waals surface area (Å²) in [6, 6.07) is 2.75. The number of carbonyl (C=O) groups is 2. The highest BCUT2D eigenvalue weighted by molar-refractivity contribution is 5.92. The van der Waals surface area contributed by atoms with Crippen molar-refractivity contribution in [3.8, 4) is 0 Å². The van der Waals surface area contributed by atoms with Gasteiger partial charge in [0.15, 0.2) is 11.5 Å². The van der Waals surface area contributed by atoms with Gasteiger partial charge in [-0.3, -0.25) is 9.59 Å². The minimum absolute atomic E-state index is 0.104. The number of rotatable bonds is 5. The van der Waals surface area contributed by atoms with E-state index in [-0.39, 0.29) is 29.0 Å². The largest absolute Gasteiger partial charge is 0.375 e. The van der Waals surface area contributed by atoms with Gasteiger partial charge in [0.1, 0.15) is 0 Å². The minimum atomic E-state index is -0.574. The molecule has 1 aromatic heterocycles. The van der Waals surface area contributed by atoms with Gasteiger partial charge in [-0.2, -0.15) is 0 Å². The maximum atomic E-state index is 13.9. The molecule has 4 rings (SSSR count). The Kier molecular flexibility index (Phi) is 5.62. The average Bonchev–Trinajstić information content (AvgIpc) is 3.54. The van der Waals surface area contributed by atoms with Gasteiger partial charge in [0, 0.05) is 38.4 Å². The first-order valence-electron chi connectivity index (χ1n) is 10.4. The molecule has 6 nitrogen and oxygen atoms in total. The van der Waals surface area contributed by atoms with E-state index in [0.717, 1.165) is 58.1 Å². The summed E-state index contributed by atoms with van der Waals surface area (Å²) in [6.45, 7) is 2.57. The number of nitrogens with zero attached hydrogens (tertiary/aromatic N) is 2. The van der Waals surface area contributed by atoms with Crippen molar-refractivity contribution in [2.75, 3.05) is 26.2 Å². The highest BCUT2D eigenvalue weighted by atomic mass is 19.1. The average molecular weight is 389 g/mol. The van der Waals surface area contributed by atoms with Crippen LogP contribution < -0.4 is 5.32 Å². The Morgan fingerprint density at radius 2 is 2.07 bits per heavy atom. The molecule has 1 atom stereocenters. The van der Waals surface area contributed by atoms with Crippen LogP contribution in [-0.2, 0) is 9.53 Å². The second-order valence-corrected chi connectivity index (χ2v) is 8.37. The topological polar surface area (TPSA) is 71.5 Å². The van der Waals surface area contributed by atoms with Gasteiger partial charge >= 0.3 is 0 Å². The smallest absolute Gasteiger partial charge is 0.275 e. The predicted octanol–water partition coefficient (Wildman–Crippen LogP) is 2.54. The summed E-state index contributed by atoms with van der Waals surface area (Å²) in [6.07, 6.45) is 7.99. The van der Waals surface area contributed by atoms with Gasteiger partial charge in [-0.05, 0) is 63.0 Å². The summed E-state index contributed by atoms with van der Waals surface area (Å²) in [5.41, 5.74) is -0.296. The van der Waals surface area contributed by atoms with Crippen molar-refractivity contribution in [1.29, 1.82) is 0 Å². The van der Waals surface area contributed by atoms with E-state index in [9.17, 15) is 14.0 Å². The van der Waals surface area contributed by atoms with E-state index in [4.69, 9.17) is 4.74 Å². The highest BCUT2D eigenvalue weighted by Crippen LogP contribution is 2.39. The molecule has 2 saturated heterocycles. The van der Waals surface area contributed by atoms with E-state index in [1.165, 1.54) is 18.3 Å². The molecule has 2 amide bonds. The third kappa shape index (κ3) is 4.35. The van der Waals surface area contributed by atoms with E-state index in [0.29, 0.717) is 19.0 Å². The Morgan fingerprint density at radius 3 is 2.79 bits per heavy atom. The lowest BCUT2D eigenvalue weighted by Gasteiger charge is -2.46. The Hall–Kier alpha value is -2.02. The molecule has 152 valence electrons. The molecular weight excluding hydrogens is 361 g/mol. The Bertz CT molecular complexity index is 729. The maximum absolute atomic E-state index is 13.9. The fraction of sp³-hybridized carbons (Fsp3) is 0.667. The van der Waals surface area contributed by atoms with Crippen LogP contribution in [0.1, 0.15) is 55.4 Å². The van der Waals surface area contributed by atoms with Gasteiger partial charge in [0.2, 0.25) is 5.91 Å². The van der Waals surface area contributed by atoms with Crippen molar-refractivity contribution in [2.24, 2.45) is 11.8 Å². The monoisotopic (exact) mass is 389 g/mol. The van der Waals surface area contributed by atoms with E-state index in [1.807, 2.05) is 0 Å². The van der Waals surface area contributed by atoms with Crippen molar-refractivity contribution >= 4 is 11.8 Å². The predicted molar refractivity (Wildman–Crippen MR) is 101 cm³/mol. The molecular formula is C21H28FN3O3. The van der Waals surface area contributed by atoms with E-state index >= 15 is 0 Å². The second-order valence-electron chi connectivity index (χ2n) is 8.37. The lowest BCUT2D eigenvalue weighted by atomic mass is 9.78. The van der Waals surface area contributed by atoms with Crippen LogP contribution >= 0.6 is 0 Å².